The summed E-state index contributed by atoms with van der Waals surface area (Å²) < 4.78 is 5.25. The molecule has 0 radical (unpaired) electrons. The largest absolute Gasteiger partial charge is 0.497 e. The molecule has 0 N–H and O–H groups in total. The van der Waals surface area contributed by atoms with Gasteiger partial charge >= 0.3 is 0 Å². The van der Waals surface area contributed by atoms with Crippen molar-refractivity contribution in [2.24, 2.45) is 5.92 Å². The molecule has 2 heterocycles. The molecule has 0 aliphatic heterocycles. The molecule has 6 heteroatoms. The van der Waals surface area contributed by atoms with Gasteiger partial charge in [0.2, 0.25) is 0 Å². The molecule has 1 amide bonds. The highest BCUT2D eigenvalue weighted by molar-refractivity contribution is 7.17. The summed E-state index contributed by atoms with van der Waals surface area (Å²) in [5.74, 6) is 1.46. The Hall–Kier alpha value is -2.73. The molecule has 3 aromatic rings. The lowest BCUT2D eigenvalue weighted by Crippen LogP contribution is -2.39. The molecule has 29 heavy (non-hydrogen) atoms. The van der Waals surface area contributed by atoms with Crippen molar-refractivity contribution in [2.45, 2.75) is 39.3 Å². The molecule has 1 unspecified atom stereocenters. The van der Waals surface area contributed by atoms with Gasteiger partial charge in [0.15, 0.2) is 0 Å². The van der Waals surface area contributed by atoms with Crippen LogP contribution in [0.4, 0.5) is 0 Å². The van der Waals surface area contributed by atoms with Crippen LogP contribution in [0.1, 0.15) is 40.7 Å². The minimum atomic E-state index is 0.0531. The highest BCUT2D eigenvalue weighted by atomic mass is 32.1. The molecule has 1 aromatic carbocycles. The number of pyridine rings is 1. The van der Waals surface area contributed by atoms with Crippen molar-refractivity contribution in [3.63, 3.8) is 0 Å². The van der Waals surface area contributed by atoms with Gasteiger partial charge in [0.1, 0.15) is 15.6 Å². The number of amides is 1. The van der Waals surface area contributed by atoms with Crippen LogP contribution in [0, 0.1) is 12.8 Å². The van der Waals surface area contributed by atoms with Crippen molar-refractivity contribution in [3.05, 3.63) is 64.8 Å². The SMILES string of the molecule is COc1ccc(CN(C(=O)c2sc(-c3ccccn3)nc2C)C(C)C2CC2)cc1. The summed E-state index contributed by atoms with van der Waals surface area (Å²) in [6.07, 6.45) is 4.13. The minimum Gasteiger partial charge on any atom is -0.497 e. The zero-order valence-corrected chi connectivity index (χ0v) is 17.8. The highest BCUT2D eigenvalue weighted by Crippen LogP contribution is 2.37. The average Bonchev–Trinajstić information content (AvgIpc) is 3.54. The van der Waals surface area contributed by atoms with E-state index in [1.807, 2.05) is 54.3 Å². The third-order valence-corrected chi connectivity index (χ3v) is 6.61. The van der Waals surface area contributed by atoms with Crippen LogP contribution < -0.4 is 4.74 Å². The third kappa shape index (κ3) is 4.32. The second kappa shape index (κ2) is 8.33. The van der Waals surface area contributed by atoms with Crippen molar-refractivity contribution >= 4 is 17.2 Å². The number of carbonyl (C=O) groups excluding carboxylic acids is 1. The molecule has 0 saturated heterocycles. The predicted molar refractivity (Wildman–Crippen MR) is 115 cm³/mol. The zero-order valence-electron chi connectivity index (χ0n) is 17.0. The van der Waals surface area contributed by atoms with E-state index in [9.17, 15) is 4.79 Å². The Kier molecular flexibility index (Phi) is 5.62. The van der Waals surface area contributed by atoms with Crippen molar-refractivity contribution < 1.29 is 9.53 Å². The summed E-state index contributed by atoms with van der Waals surface area (Å²) in [4.78, 5) is 25.3. The first-order valence-corrected chi connectivity index (χ1v) is 10.7. The molecule has 150 valence electrons. The van der Waals surface area contributed by atoms with E-state index in [0.717, 1.165) is 27.7 Å². The lowest BCUT2D eigenvalue weighted by Gasteiger charge is -2.29. The number of aryl methyl sites for hydroxylation is 1. The zero-order chi connectivity index (χ0) is 20.4. The van der Waals surface area contributed by atoms with E-state index in [0.29, 0.717) is 17.3 Å². The van der Waals surface area contributed by atoms with Crippen molar-refractivity contribution in [1.82, 2.24) is 14.9 Å². The Morgan fingerprint density at radius 3 is 2.62 bits per heavy atom. The van der Waals surface area contributed by atoms with Crippen molar-refractivity contribution in [3.8, 4) is 16.5 Å². The van der Waals surface area contributed by atoms with Gasteiger partial charge in [-0.3, -0.25) is 9.78 Å². The van der Waals surface area contributed by atoms with Gasteiger partial charge < -0.3 is 9.64 Å². The van der Waals surface area contributed by atoms with Crippen LogP contribution in [0.15, 0.2) is 48.7 Å². The number of methoxy groups -OCH3 is 1. The van der Waals surface area contributed by atoms with Crippen LogP contribution in [0.2, 0.25) is 0 Å². The number of rotatable bonds is 7. The van der Waals surface area contributed by atoms with E-state index in [-0.39, 0.29) is 11.9 Å². The van der Waals surface area contributed by atoms with E-state index >= 15 is 0 Å². The smallest absolute Gasteiger partial charge is 0.266 e. The summed E-state index contributed by atoms with van der Waals surface area (Å²) in [6.45, 7) is 4.65. The molecule has 1 aliphatic carbocycles. The minimum absolute atomic E-state index is 0.0531. The molecular formula is C23H25N3O2S. The van der Waals surface area contributed by atoms with E-state index in [2.05, 4.69) is 16.9 Å². The Morgan fingerprint density at radius 1 is 1.24 bits per heavy atom. The van der Waals surface area contributed by atoms with Gasteiger partial charge in [0.25, 0.3) is 5.91 Å². The molecule has 4 rings (SSSR count). The summed E-state index contributed by atoms with van der Waals surface area (Å²) in [5.41, 5.74) is 2.67. The summed E-state index contributed by atoms with van der Waals surface area (Å²) in [6, 6.07) is 13.9. The second-order valence-corrected chi connectivity index (χ2v) is 8.51. The Bertz CT molecular complexity index is 981. The van der Waals surface area contributed by atoms with Crippen LogP contribution >= 0.6 is 11.3 Å². The third-order valence-electron chi connectivity index (χ3n) is 5.44. The second-order valence-electron chi connectivity index (χ2n) is 7.51. The molecule has 5 nitrogen and oxygen atoms in total. The quantitative estimate of drug-likeness (QED) is 0.555. The van der Waals surface area contributed by atoms with Crippen LogP contribution in [-0.4, -0.2) is 33.9 Å². The molecule has 1 fully saturated rings. The van der Waals surface area contributed by atoms with Gasteiger partial charge in [-0.05, 0) is 62.4 Å². The van der Waals surface area contributed by atoms with Gasteiger partial charge in [-0.2, -0.15) is 0 Å². The van der Waals surface area contributed by atoms with Gasteiger partial charge in [-0.1, -0.05) is 18.2 Å². The molecule has 0 bridgehead atoms. The van der Waals surface area contributed by atoms with Crippen LogP contribution in [0.25, 0.3) is 10.7 Å². The monoisotopic (exact) mass is 407 g/mol. The standard InChI is InChI=1S/C23H25N3O2S/c1-15-21(29-22(25-15)20-6-4-5-13-24-20)23(27)26(16(2)18-9-10-18)14-17-7-11-19(28-3)12-8-17/h4-8,11-13,16,18H,9-10,14H2,1-3H3. The normalized spacial score (nSPS) is 14.4. The van der Waals surface area contributed by atoms with Gasteiger partial charge in [-0.25, -0.2) is 4.98 Å². The lowest BCUT2D eigenvalue weighted by molar-refractivity contribution is 0.0658. The highest BCUT2D eigenvalue weighted by Gasteiger charge is 2.35. The first-order valence-electron chi connectivity index (χ1n) is 9.89. The van der Waals surface area contributed by atoms with Crippen LogP contribution in [0.3, 0.4) is 0 Å². The molecule has 1 saturated carbocycles. The Labute approximate surface area is 175 Å². The first-order chi connectivity index (χ1) is 14.1. The first kappa shape index (κ1) is 19.6. The maximum Gasteiger partial charge on any atom is 0.266 e. The maximum absolute atomic E-state index is 13.6. The number of nitrogens with zero attached hydrogens (tertiary/aromatic N) is 3. The topological polar surface area (TPSA) is 55.3 Å². The fraction of sp³-hybridized carbons (Fsp3) is 0.348. The maximum atomic E-state index is 13.6. The van der Waals surface area contributed by atoms with Gasteiger partial charge in [0, 0.05) is 18.8 Å². The Morgan fingerprint density at radius 2 is 2.00 bits per heavy atom. The number of benzene rings is 1. The molecule has 1 aliphatic rings. The number of hydrogen-bond acceptors (Lipinski definition) is 5. The number of ether oxygens (including phenoxy) is 1. The van der Waals surface area contributed by atoms with Gasteiger partial charge in [-0.15, -0.1) is 11.3 Å². The number of hydrogen-bond donors (Lipinski definition) is 0. The van der Waals surface area contributed by atoms with Crippen molar-refractivity contribution in [1.29, 1.82) is 0 Å². The predicted octanol–water partition coefficient (Wildman–Crippen LogP) is 4.96. The van der Waals surface area contributed by atoms with E-state index in [4.69, 9.17) is 4.74 Å². The summed E-state index contributed by atoms with van der Waals surface area (Å²) in [5, 5.41) is 0.787. The molecule has 1 atom stereocenters. The average molecular weight is 408 g/mol. The summed E-state index contributed by atoms with van der Waals surface area (Å²) in [7, 11) is 1.66. The van der Waals surface area contributed by atoms with Crippen LogP contribution in [0.5, 0.6) is 5.75 Å². The lowest BCUT2D eigenvalue weighted by atomic mass is 10.1. The summed E-state index contributed by atoms with van der Waals surface area (Å²) >= 11 is 1.43. The fourth-order valence-electron chi connectivity index (χ4n) is 3.49. The molecule has 0 spiro atoms. The Balaban J connectivity index is 1.62. The number of carbonyl (C=O) groups is 1. The molecule has 2 aromatic heterocycles. The fourth-order valence-corrected chi connectivity index (χ4v) is 4.48. The molecular weight excluding hydrogens is 382 g/mol. The number of thiazole rings is 1. The van der Waals surface area contributed by atoms with Crippen molar-refractivity contribution in [2.75, 3.05) is 7.11 Å². The van der Waals surface area contributed by atoms with Crippen LogP contribution in [-0.2, 0) is 6.54 Å². The van der Waals surface area contributed by atoms with Gasteiger partial charge in [0.05, 0.1) is 18.5 Å². The van der Waals surface area contributed by atoms with E-state index in [1.165, 1.54) is 24.2 Å². The van der Waals surface area contributed by atoms with E-state index < -0.39 is 0 Å². The number of aromatic nitrogens is 2. The van der Waals surface area contributed by atoms with E-state index in [1.54, 1.807) is 13.3 Å².